The van der Waals surface area contributed by atoms with E-state index >= 15 is 0 Å². The number of rotatable bonds is 5. The lowest BCUT2D eigenvalue weighted by Gasteiger charge is -2.01. The van der Waals surface area contributed by atoms with Crippen molar-refractivity contribution in [2.75, 3.05) is 7.11 Å². The van der Waals surface area contributed by atoms with Crippen LogP contribution in [0.25, 0.3) is 11.3 Å². The Balaban J connectivity index is 2.18. The van der Waals surface area contributed by atoms with E-state index in [1.54, 1.807) is 12.1 Å². The van der Waals surface area contributed by atoms with Crippen molar-refractivity contribution in [2.45, 2.75) is 12.8 Å². The fourth-order valence-corrected chi connectivity index (χ4v) is 1.75. The van der Waals surface area contributed by atoms with Gasteiger partial charge in [0.05, 0.1) is 18.2 Å². The van der Waals surface area contributed by atoms with E-state index in [0.29, 0.717) is 17.7 Å². The largest absolute Gasteiger partial charge is 0.469 e. The molecule has 0 atom stereocenters. The summed E-state index contributed by atoms with van der Waals surface area (Å²) in [4.78, 5) is 21.3. The molecule has 7 nitrogen and oxygen atoms in total. The molecule has 1 aromatic heterocycles. The van der Waals surface area contributed by atoms with Crippen LogP contribution in [-0.2, 0) is 16.0 Å². The first-order valence-corrected chi connectivity index (χ1v) is 5.87. The van der Waals surface area contributed by atoms with Crippen molar-refractivity contribution in [3.05, 3.63) is 46.1 Å². The fraction of sp³-hybridized carbons (Fsp3) is 0.231. The predicted molar refractivity (Wildman–Crippen MR) is 68.9 cm³/mol. The van der Waals surface area contributed by atoms with E-state index in [1.165, 1.54) is 25.4 Å². The van der Waals surface area contributed by atoms with Crippen LogP contribution in [-0.4, -0.2) is 23.2 Å². The van der Waals surface area contributed by atoms with Gasteiger partial charge in [-0.05, 0) is 18.6 Å². The molecule has 104 valence electrons. The second kappa shape index (κ2) is 5.96. The summed E-state index contributed by atoms with van der Waals surface area (Å²) in [5.41, 5.74) is 1.43. The molecule has 0 spiro atoms. The SMILES string of the molecule is COC(=O)CCc1cnoc1-c1ccc([N+](=O)[O-])cc1. The molecule has 1 heterocycles. The molecule has 0 saturated carbocycles. The Morgan fingerprint density at radius 3 is 2.70 bits per heavy atom. The van der Waals surface area contributed by atoms with Gasteiger partial charge in [-0.3, -0.25) is 14.9 Å². The summed E-state index contributed by atoms with van der Waals surface area (Å²) in [6, 6.07) is 5.95. The number of nitrogens with zero attached hydrogens (tertiary/aromatic N) is 2. The van der Waals surface area contributed by atoms with Crippen molar-refractivity contribution in [3.63, 3.8) is 0 Å². The number of nitro groups is 1. The highest BCUT2D eigenvalue weighted by Gasteiger charge is 2.14. The van der Waals surface area contributed by atoms with Crippen molar-refractivity contribution in [2.24, 2.45) is 0 Å². The summed E-state index contributed by atoms with van der Waals surface area (Å²) in [6.07, 6.45) is 2.18. The highest BCUT2D eigenvalue weighted by Crippen LogP contribution is 2.26. The molecule has 2 aromatic rings. The lowest BCUT2D eigenvalue weighted by molar-refractivity contribution is -0.384. The molecule has 0 unspecified atom stereocenters. The molecular weight excluding hydrogens is 264 g/mol. The maximum atomic E-state index is 11.1. The van der Waals surface area contributed by atoms with Gasteiger partial charge in [0.25, 0.3) is 5.69 Å². The van der Waals surface area contributed by atoms with Crippen LogP contribution in [0.15, 0.2) is 35.0 Å². The van der Waals surface area contributed by atoms with Crippen LogP contribution in [0.2, 0.25) is 0 Å². The number of ether oxygens (including phenoxy) is 1. The molecule has 0 aliphatic heterocycles. The van der Waals surface area contributed by atoms with Crippen LogP contribution in [0.1, 0.15) is 12.0 Å². The van der Waals surface area contributed by atoms with Gasteiger partial charge in [-0.25, -0.2) is 0 Å². The van der Waals surface area contributed by atoms with Crippen LogP contribution in [0, 0.1) is 10.1 Å². The Morgan fingerprint density at radius 1 is 1.40 bits per heavy atom. The van der Waals surface area contributed by atoms with Crippen molar-refractivity contribution in [3.8, 4) is 11.3 Å². The number of aryl methyl sites for hydroxylation is 1. The highest BCUT2D eigenvalue weighted by molar-refractivity contribution is 5.70. The molecule has 0 saturated heterocycles. The van der Waals surface area contributed by atoms with E-state index < -0.39 is 4.92 Å². The van der Waals surface area contributed by atoms with Gasteiger partial charge in [0.2, 0.25) is 0 Å². The van der Waals surface area contributed by atoms with Gasteiger partial charge in [-0.1, -0.05) is 5.16 Å². The molecule has 0 aliphatic carbocycles. The molecule has 0 N–H and O–H groups in total. The molecule has 20 heavy (non-hydrogen) atoms. The maximum Gasteiger partial charge on any atom is 0.305 e. The molecule has 0 amide bonds. The topological polar surface area (TPSA) is 95.5 Å². The Kier molecular flexibility index (Phi) is 4.09. The van der Waals surface area contributed by atoms with Crippen molar-refractivity contribution in [1.29, 1.82) is 0 Å². The number of benzene rings is 1. The summed E-state index contributed by atoms with van der Waals surface area (Å²) in [5.74, 6) is 0.185. The molecule has 1 aromatic carbocycles. The zero-order valence-corrected chi connectivity index (χ0v) is 10.7. The van der Waals surface area contributed by atoms with E-state index in [-0.39, 0.29) is 18.1 Å². The van der Waals surface area contributed by atoms with Crippen LogP contribution >= 0.6 is 0 Å². The molecule has 0 bridgehead atoms. The zero-order chi connectivity index (χ0) is 14.5. The van der Waals surface area contributed by atoms with Crippen LogP contribution in [0.4, 0.5) is 5.69 Å². The van der Waals surface area contributed by atoms with Gasteiger partial charge >= 0.3 is 5.97 Å². The van der Waals surface area contributed by atoms with Crippen molar-refractivity contribution in [1.82, 2.24) is 5.16 Å². The fourth-order valence-electron chi connectivity index (χ4n) is 1.75. The summed E-state index contributed by atoms with van der Waals surface area (Å²) >= 11 is 0. The van der Waals surface area contributed by atoms with Gasteiger partial charge in [-0.2, -0.15) is 0 Å². The number of hydrogen-bond acceptors (Lipinski definition) is 6. The van der Waals surface area contributed by atoms with Gasteiger partial charge in [0.15, 0.2) is 5.76 Å². The zero-order valence-electron chi connectivity index (χ0n) is 10.7. The minimum Gasteiger partial charge on any atom is -0.469 e. The quantitative estimate of drug-likeness (QED) is 0.472. The van der Waals surface area contributed by atoms with Crippen molar-refractivity contribution >= 4 is 11.7 Å². The number of hydrogen-bond donors (Lipinski definition) is 0. The molecular formula is C13H12N2O5. The van der Waals surface area contributed by atoms with Crippen LogP contribution in [0.5, 0.6) is 0 Å². The Bertz CT molecular complexity index is 618. The first-order chi connectivity index (χ1) is 9.61. The molecule has 0 radical (unpaired) electrons. The standard InChI is InChI=1S/C13H12N2O5/c1-19-12(16)7-4-10-8-14-20-13(10)9-2-5-11(6-3-9)15(17)18/h2-3,5-6,8H,4,7H2,1H3. The summed E-state index contributed by atoms with van der Waals surface area (Å²) < 4.78 is 9.72. The summed E-state index contributed by atoms with van der Waals surface area (Å²) in [7, 11) is 1.33. The van der Waals surface area contributed by atoms with E-state index in [9.17, 15) is 14.9 Å². The summed E-state index contributed by atoms with van der Waals surface area (Å²) in [6.45, 7) is 0. The first kappa shape index (κ1) is 13.7. The Hall–Kier alpha value is -2.70. The second-order valence-electron chi connectivity index (χ2n) is 4.06. The van der Waals surface area contributed by atoms with Gasteiger partial charge < -0.3 is 9.26 Å². The molecule has 2 rings (SSSR count). The van der Waals surface area contributed by atoms with E-state index in [2.05, 4.69) is 9.89 Å². The first-order valence-electron chi connectivity index (χ1n) is 5.87. The van der Waals surface area contributed by atoms with Crippen LogP contribution < -0.4 is 0 Å². The molecule has 0 aliphatic rings. The maximum absolute atomic E-state index is 11.1. The van der Waals surface area contributed by atoms with E-state index in [4.69, 9.17) is 4.52 Å². The minimum atomic E-state index is -0.470. The minimum absolute atomic E-state index is 0.00405. The number of carbonyl (C=O) groups excluding carboxylic acids is 1. The van der Waals surface area contributed by atoms with Crippen LogP contribution in [0.3, 0.4) is 0 Å². The normalized spacial score (nSPS) is 10.2. The molecule has 7 heteroatoms. The molecule has 0 fully saturated rings. The average Bonchev–Trinajstić information content (AvgIpc) is 2.93. The number of carbonyl (C=O) groups is 1. The van der Waals surface area contributed by atoms with Gasteiger partial charge in [-0.15, -0.1) is 0 Å². The lowest BCUT2D eigenvalue weighted by atomic mass is 10.1. The number of nitro benzene ring substituents is 1. The highest BCUT2D eigenvalue weighted by atomic mass is 16.6. The third-order valence-corrected chi connectivity index (χ3v) is 2.81. The lowest BCUT2D eigenvalue weighted by Crippen LogP contribution is -2.01. The summed E-state index contributed by atoms with van der Waals surface area (Å²) in [5, 5.41) is 14.3. The predicted octanol–water partition coefficient (Wildman–Crippen LogP) is 2.36. The average molecular weight is 276 g/mol. The Labute approximate surface area is 114 Å². The van der Waals surface area contributed by atoms with Gasteiger partial charge in [0, 0.05) is 29.7 Å². The smallest absolute Gasteiger partial charge is 0.305 e. The third kappa shape index (κ3) is 3.00. The van der Waals surface area contributed by atoms with Crippen molar-refractivity contribution < 1.29 is 19.0 Å². The van der Waals surface area contributed by atoms with E-state index in [1.807, 2.05) is 0 Å². The number of esters is 1. The Morgan fingerprint density at radius 2 is 2.10 bits per heavy atom. The monoisotopic (exact) mass is 276 g/mol. The third-order valence-electron chi connectivity index (χ3n) is 2.81. The van der Waals surface area contributed by atoms with Gasteiger partial charge in [0.1, 0.15) is 0 Å². The number of methoxy groups -OCH3 is 1. The number of aromatic nitrogens is 1. The second-order valence-corrected chi connectivity index (χ2v) is 4.06. The van der Waals surface area contributed by atoms with E-state index in [0.717, 1.165) is 5.56 Å². The number of non-ortho nitro benzene ring substituents is 1.